The molecule has 1 aliphatic rings. The number of para-hydroxylation sites is 1. The molecule has 3 nitrogen and oxygen atoms in total. The monoisotopic (exact) mass is 303 g/mol. The van der Waals surface area contributed by atoms with Gasteiger partial charge in [-0.3, -0.25) is 4.79 Å². The average Bonchev–Trinajstić information content (AvgIpc) is 2.56. The molecule has 122 valence electrons. The maximum Gasteiger partial charge on any atom is 0.223 e. The number of carbonyl (C=O) groups is 1. The van der Waals surface area contributed by atoms with Gasteiger partial charge >= 0.3 is 0 Å². The molecule has 0 aromatic heterocycles. The summed E-state index contributed by atoms with van der Waals surface area (Å²) in [7, 11) is 0. The lowest BCUT2D eigenvalue weighted by molar-refractivity contribution is -0.133. The molecule has 0 saturated heterocycles. The minimum Gasteiger partial charge on any atom is -0.494 e. The van der Waals surface area contributed by atoms with Gasteiger partial charge in [-0.2, -0.15) is 0 Å². The summed E-state index contributed by atoms with van der Waals surface area (Å²) in [5.41, 5.74) is 1.14. The Morgan fingerprint density at radius 3 is 2.59 bits per heavy atom. The van der Waals surface area contributed by atoms with Gasteiger partial charge < -0.3 is 9.64 Å². The maximum atomic E-state index is 12.6. The average molecular weight is 303 g/mol. The molecule has 1 fully saturated rings. The van der Waals surface area contributed by atoms with Crippen molar-refractivity contribution in [2.24, 2.45) is 0 Å². The number of ether oxygens (including phenoxy) is 1. The normalized spacial score (nSPS) is 15.5. The van der Waals surface area contributed by atoms with E-state index in [1.54, 1.807) is 0 Å². The van der Waals surface area contributed by atoms with Gasteiger partial charge in [-0.25, -0.2) is 0 Å². The van der Waals surface area contributed by atoms with Crippen LogP contribution in [0.25, 0.3) is 0 Å². The number of aryl methyl sites for hydroxylation is 1. The van der Waals surface area contributed by atoms with Gasteiger partial charge in [0.2, 0.25) is 5.91 Å². The lowest BCUT2D eigenvalue weighted by Gasteiger charge is -2.33. The summed E-state index contributed by atoms with van der Waals surface area (Å²) < 4.78 is 5.65. The Morgan fingerprint density at radius 1 is 1.18 bits per heavy atom. The third-order valence-corrected chi connectivity index (χ3v) is 4.56. The molecule has 0 heterocycles. The van der Waals surface area contributed by atoms with Gasteiger partial charge in [0.25, 0.3) is 0 Å². The number of nitrogens with zero attached hydrogens (tertiary/aromatic N) is 1. The molecular weight excluding hydrogens is 274 g/mol. The number of hydrogen-bond acceptors (Lipinski definition) is 2. The number of hydrogen-bond donors (Lipinski definition) is 0. The summed E-state index contributed by atoms with van der Waals surface area (Å²) in [5.74, 6) is 1.21. The Morgan fingerprint density at radius 2 is 1.91 bits per heavy atom. The second kappa shape index (κ2) is 8.82. The standard InChI is InChI=1S/C19H29NO2/c1-3-20(17-11-6-5-7-12-17)19(21)15-14-16-10-8-9-13-18(16)22-4-2/h8-10,13,17H,3-7,11-12,14-15H2,1-2H3. The Balaban J connectivity index is 1.93. The maximum absolute atomic E-state index is 12.6. The molecule has 0 atom stereocenters. The third kappa shape index (κ3) is 4.49. The summed E-state index contributed by atoms with van der Waals surface area (Å²) in [4.78, 5) is 14.7. The van der Waals surface area contributed by atoms with Crippen LogP contribution in [0.5, 0.6) is 5.75 Å². The molecule has 1 saturated carbocycles. The van der Waals surface area contributed by atoms with E-state index in [-0.39, 0.29) is 0 Å². The summed E-state index contributed by atoms with van der Waals surface area (Å²) in [6, 6.07) is 8.52. The number of rotatable bonds is 7. The molecule has 0 spiro atoms. The SMILES string of the molecule is CCOc1ccccc1CCC(=O)N(CC)C1CCCCC1. The van der Waals surface area contributed by atoms with Crippen molar-refractivity contribution in [3.05, 3.63) is 29.8 Å². The topological polar surface area (TPSA) is 29.5 Å². The molecule has 3 heteroatoms. The largest absolute Gasteiger partial charge is 0.494 e. The Kier molecular flexibility index (Phi) is 6.75. The van der Waals surface area contributed by atoms with E-state index >= 15 is 0 Å². The first-order valence-corrected chi connectivity index (χ1v) is 8.76. The van der Waals surface area contributed by atoms with Crippen molar-refractivity contribution in [1.29, 1.82) is 0 Å². The van der Waals surface area contributed by atoms with Crippen LogP contribution in [-0.4, -0.2) is 30.0 Å². The van der Waals surface area contributed by atoms with E-state index in [4.69, 9.17) is 4.74 Å². The second-order valence-electron chi connectivity index (χ2n) is 6.01. The van der Waals surface area contributed by atoms with Crippen LogP contribution < -0.4 is 4.74 Å². The van der Waals surface area contributed by atoms with Crippen molar-refractivity contribution in [3.63, 3.8) is 0 Å². The quantitative estimate of drug-likeness (QED) is 0.755. The highest BCUT2D eigenvalue weighted by Gasteiger charge is 2.23. The lowest BCUT2D eigenvalue weighted by Crippen LogP contribution is -2.41. The Hall–Kier alpha value is -1.51. The molecule has 0 bridgehead atoms. The molecule has 0 unspecified atom stereocenters. The van der Waals surface area contributed by atoms with Crippen LogP contribution in [0, 0.1) is 0 Å². The van der Waals surface area contributed by atoms with Gasteiger partial charge in [-0.05, 0) is 44.7 Å². The summed E-state index contributed by atoms with van der Waals surface area (Å²) >= 11 is 0. The molecule has 1 amide bonds. The highest BCUT2D eigenvalue weighted by molar-refractivity contribution is 5.77. The molecule has 1 aromatic rings. The van der Waals surface area contributed by atoms with E-state index in [1.807, 2.05) is 25.1 Å². The van der Waals surface area contributed by atoms with Crippen LogP contribution >= 0.6 is 0 Å². The van der Waals surface area contributed by atoms with E-state index < -0.39 is 0 Å². The van der Waals surface area contributed by atoms with Crippen LogP contribution in [0.4, 0.5) is 0 Å². The minimum absolute atomic E-state index is 0.292. The lowest BCUT2D eigenvalue weighted by atomic mass is 9.93. The minimum atomic E-state index is 0.292. The number of benzene rings is 1. The van der Waals surface area contributed by atoms with Crippen molar-refractivity contribution in [1.82, 2.24) is 4.90 Å². The molecule has 1 aliphatic carbocycles. The van der Waals surface area contributed by atoms with Gasteiger partial charge in [-0.15, -0.1) is 0 Å². The van der Waals surface area contributed by atoms with Gasteiger partial charge in [0, 0.05) is 19.0 Å². The fraction of sp³-hybridized carbons (Fsp3) is 0.632. The first-order chi connectivity index (χ1) is 10.8. The number of amides is 1. The molecule has 22 heavy (non-hydrogen) atoms. The van der Waals surface area contributed by atoms with Crippen molar-refractivity contribution < 1.29 is 9.53 Å². The van der Waals surface area contributed by atoms with Crippen molar-refractivity contribution >= 4 is 5.91 Å². The van der Waals surface area contributed by atoms with Crippen molar-refractivity contribution in [2.45, 2.75) is 64.8 Å². The zero-order chi connectivity index (χ0) is 15.8. The summed E-state index contributed by atoms with van der Waals surface area (Å²) in [6.07, 6.45) is 7.55. The zero-order valence-electron chi connectivity index (χ0n) is 14.0. The second-order valence-corrected chi connectivity index (χ2v) is 6.01. The van der Waals surface area contributed by atoms with Crippen LogP contribution in [0.3, 0.4) is 0 Å². The molecule has 0 aliphatic heterocycles. The van der Waals surface area contributed by atoms with E-state index in [0.717, 1.165) is 24.3 Å². The zero-order valence-corrected chi connectivity index (χ0v) is 14.0. The van der Waals surface area contributed by atoms with Crippen LogP contribution in [0.1, 0.15) is 57.9 Å². The molecule has 1 aromatic carbocycles. The smallest absolute Gasteiger partial charge is 0.223 e. The predicted molar refractivity (Wildman–Crippen MR) is 90.2 cm³/mol. The van der Waals surface area contributed by atoms with Crippen LogP contribution in [-0.2, 0) is 11.2 Å². The Labute approximate surface area is 134 Å². The van der Waals surface area contributed by atoms with E-state index in [1.165, 1.54) is 32.1 Å². The van der Waals surface area contributed by atoms with Crippen LogP contribution in [0.15, 0.2) is 24.3 Å². The first-order valence-electron chi connectivity index (χ1n) is 8.76. The van der Waals surface area contributed by atoms with Crippen molar-refractivity contribution in [2.75, 3.05) is 13.2 Å². The molecule has 2 rings (SSSR count). The van der Waals surface area contributed by atoms with Gasteiger partial charge in [0.15, 0.2) is 0 Å². The van der Waals surface area contributed by atoms with Gasteiger partial charge in [0.05, 0.1) is 6.61 Å². The van der Waals surface area contributed by atoms with Crippen LogP contribution in [0.2, 0.25) is 0 Å². The highest BCUT2D eigenvalue weighted by atomic mass is 16.5. The predicted octanol–water partition coefficient (Wildman–Crippen LogP) is 4.20. The van der Waals surface area contributed by atoms with E-state index in [0.29, 0.717) is 25.0 Å². The summed E-state index contributed by atoms with van der Waals surface area (Å²) in [5, 5.41) is 0. The van der Waals surface area contributed by atoms with Gasteiger partial charge in [0.1, 0.15) is 5.75 Å². The van der Waals surface area contributed by atoms with E-state index in [2.05, 4.69) is 17.9 Å². The first kappa shape index (κ1) is 16.9. The van der Waals surface area contributed by atoms with Crippen molar-refractivity contribution in [3.8, 4) is 5.75 Å². The summed E-state index contributed by atoms with van der Waals surface area (Å²) in [6.45, 7) is 5.58. The third-order valence-electron chi connectivity index (χ3n) is 4.56. The van der Waals surface area contributed by atoms with E-state index in [9.17, 15) is 4.79 Å². The fourth-order valence-corrected chi connectivity index (χ4v) is 3.42. The number of carbonyl (C=O) groups excluding carboxylic acids is 1. The molecule has 0 N–H and O–H groups in total. The Bertz CT molecular complexity index is 466. The fourth-order valence-electron chi connectivity index (χ4n) is 3.42. The van der Waals surface area contributed by atoms with Gasteiger partial charge in [-0.1, -0.05) is 37.5 Å². The highest BCUT2D eigenvalue weighted by Crippen LogP contribution is 2.24. The molecule has 0 radical (unpaired) electrons. The molecular formula is C19H29NO2.